The van der Waals surface area contributed by atoms with Gasteiger partial charge in [0, 0.05) is 16.7 Å². The molecule has 0 radical (unpaired) electrons. The maximum Gasteiger partial charge on any atom is 0.397 e. The van der Waals surface area contributed by atoms with Crippen LogP contribution in [0.1, 0.15) is 26.7 Å². The summed E-state index contributed by atoms with van der Waals surface area (Å²) in [5.41, 5.74) is -2.55. The molecule has 5 rings (SSSR count). The van der Waals surface area contributed by atoms with Crippen LogP contribution in [-0.4, -0.2) is 46.7 Å². The van der Waals surface area contributed by atoms with Crippen LogP contribution in [0, 0.1) is 5.41 Å². The van der Waals surface area contributed by atoms with Gasteiger partial charge >= 0.3 is 12.1 Å². The summed E-state index contributed by atoms with van der Waals surface area (Å²) in [6.07, 6.45) is 8.10. The van der Waals surface area contributed by atoms with Crippen molar-refractivity contribution in [1.82, 2.24) is 10.3 Å². The van der Waals surface area contributed by atoms with E-state index in [1.54, 1.807) is 43.4 Å². The van der Waals surface area contributed by atoms with E-state index in [4.69, 9.17) is 4.74 Å². The maximum absolute atomic E-state index is 14.9. The van der Waals surface area contributed by atoms with Gasteiger partial charge in [-0.15, -0.1) is 0 Å². The number of aromatic amines is 1. The quantitative estimate of drug-likeness (QED) is 0.651. The zero-order valence-electron chi connectivity index (χ0n) is 19.3. The third-order valence-electron chi connectivity index (χ3n) is 6.92. The lowest BCUT2D eigenvalue weighted by molar-refractivity contribution is -0.241. The Morgan fingerprint density at radius 2 is 1.69 bits per heavy atom. The molecule has 182 valence electrons. The zero-order chi connectivity index (χ0) is 24.8. The Hall–Kier alpha value is -3.46. The lowest BCUT2D eigenvalue weighted by atomic mass is 9.66. The predicted octanol–water partition coefficient (Wildman–Crippen LogP) is 3.00. The molecular weight excluding hydrogens is 457 g/mol. The summed E-state index contributed by atoms with van der Waals surface area (Å²) in [6.45, 7) is 2.98. The van der Waals surface area contributed by atoms with E-state index in [2.05, 4.69) is 20.3 Å². The van der Waals surface area contributed by atoms with E-state index in [1.165, 1.54) is 13.0 Å². The van der Waals surface area contributed by atoms with Crippen molar-refractivity contribution in [2.75, 3.05) is 6.61 Å². The number of ether oxygens (including phenoxy) is 1. The van der Waals surface area contributed by atoms with Gasteiger partial charge in [-0.25, -0.2) is 14.8 Å². The molecule has 3 unspecified atom stereocenters. The topological polar surface area (TPSA) is 78.8 Å². The SMILES string of the molecule is CCOC(=O)C12C=C3C=CC(=N3)C=c3ccc([nH]3)=CC3=NC(=CC(CC1(CC)C(F)(F)F)N2)C=C3. The molecule has 0 spiro atoms. The number of esters is 1. The Kier molecular flexibility index (Phi) is 5.55. The summed E-state index contributed by atoms with van der Waals surface area (Å²) in [5, 5.41) is 4.63. The molecular formula is C26H25F3N4O2. The fraction of sp³-hybridized carbons (Fsp3) is 0.346. The molecule has 0 aromatic carbocycles. The van der Waals surface area contributed by atoms with Crippen LogP contribution in [-0.2, 0) is 9.53 Å². The molecule has 2 N–H and O–H groups in total. The normalized spacial score (nSPS) is 29.1. The van der Waals surface area contributed by atoms with E-state index in [1.807, 2.05) is 18.2 Å². The monoisotopic (exact) mass is 482 g/mol. The first kappa shape index (κ1) is 23.3. The number of fused-ring (bicyclic) bond motifs is 6. The van der Waals surface area contributed by atoms with E-state index in [0.29, 0.717) is 17.1 Å². The second kappa shape index (κ2) is 8.34. The van der Waals surface area contributed by atoms with Crippen LogP contribution >= 0.6 is 0 Å². The van der Waals surface area contributed by atoms with Gasteiger partial charge in [-0.2, -0.15) is 13.2 Å². The van der Waals surface area contributed by atoms with E-state index in [-0.39, 0.29) is 25.1 Å². The van der Waals surface area contributed by atoms with Gasteiger partial charge < -0.3 is 9.72 Å². The van der Waals surface area contributed by atoms with Crippen LogP contribution in [0.2, 0.25) is 0 Å². The van der Waals surface area contributed by atoms with Crippen molar-refractivity contribution in [2.24, 2.45) is 15.4 Å². The number of nitrogens with zero attached hydrogens (tertiary/aromatic N) is 2. The molecule has 35 heavy (non-hydrogen) atoms. The van der Waals surface area contributed by atoms with Crippen LogP contribution in [0.5, 0.6) is 0 Å². The second-order valence-electron chi connectivity index (χ2n) is 8.98. The van der Waals surface area contributed by atoms with E-state index in [9.17, 15) is 18.0 Å². The molecule has 1 aromatic rings. The highest BCUT2D eigenvalue weighted by atomic mass is 19.4. The number of nitrogens with one attached hydrogen (secondary N) is 2. The van der Waals surface area contributed by atoms with E-state index in [0.717, 1.165) is 10.7 Å². The lowest BCUT2D eigenvalue weighted by Crippen LogP contribution is -2.63. The number of aliphatic imine (C=N–C) groups is 2. The largest absolute Gasteiger partial charge is 0.464 e. The highest BCUT2D eigenvalue weighted by Gasteiger charge is 2.72. The van der Waals surface area contributed by atoms with Gasteiger partial charge in [0.2, 0.25) is 0 Å². The number of H-pyrrole nitrogens is 1. The summed E-state index contributed by atoms with van der Waals surface area (Å²) in [6, 6.07) is 3.02. The highest BCUT2D eigenvalue weighted by Crippen LogP contribution is 2.57. The molecule has 4 aliphatic heterocycles. The first-order valence-electron chi connectivity index (χ1n) is 11.6. The van der Waals surface area contributed by atoms with Crippen LogP contribution in [0.25, 0.3) is 12.2 Å². The van der Waals surface area contributed by atoms with Crippen molar-refractivity contribution in [2.45, 2.75) is 44.4 Å². The number of rotatable bonds is 3. The predicted molar refractivity (Wildman–Crippen MR) is 128 cm³/mol. The Labute approximate surface area is 200 Å². The minimum atomic E-state index is -4.69. The van der Waals surface area contributed by atoms with E-state index < -0.39 is 29.1 Å². The zero-order valence-corrected chi connectivity index (χ0v) is 19.3. The average molecular weight is 483 g/mol. The molecule has 0 saturated carbocycles. The van der Waals surface area contributed by atoms with Crippen LogP contribution in [0.3, 0.4) is 0 Å². The molecule has 4 aliphatic rings. The van der Waals surface area contributed by atoms with Gasteiger partial charge in [0.25, 0.3) is 0 Å². The smallest absolute Gasteiger partial charge is 0.397 e. The van der Waals surface area contributed by atoms with Crippen molar-refractivity contribution >= 4 is 29.5 Å². The molecule has 6 nitrogen and oxygen atoms in total. The first-order chi connectivity index (χ1) is 16.7. The van der Waals surface area contributed by atoms with Crippen molar-refractivity contribution < 1.29 is 22.7 Å². The summed E-state index contributed by atoms with van der Waals surface area (Å²) in [4.78, 5) is 25.7. The molecule has 3 atom stereocenters. The number of carbonyl (C=O) groups is 1. The van der Waals surface area contributed by atoms with Crippen LogP contribution in [0.15, 0.2) is 70.0 Å². The summed E-state index contributed by atoms with van der Waals surface area (Å²) >= 11 is 0. The average Bonchev–Trinajstić information content (AvgIpc) is 3.57. The van der Waals surface area contributed by atoms with Gasteiger partial charge in [0.05, 0.1) is 29.4 Å². The van der Waals surface area contributed by atoms with E-state index >= 15 is 0 Å². The van der Waals surface area contributed by atoms with Gasteiger partial charge in [0.15, 0.2) is 5.54 Å². The molecule has 0 amide bonds. The van der Waals surface area contributed by atoms with Crippen LogP contribution in [0.4, 0.5) is 13.2 Å². The number of hydrogen-bond acceptors (Lipinski definition) is 5. The van der Waals surface area contributed by atoms with Crippen molar-refractivity contribution in [3.8, 4) is 0 Å². The maximum atomic E-state index is 14.9. The van der Waals surface area contributed by atoms with Gasteiger partial charge in [-0.3, -0.25) is 5.32 Å². The number of alkyl halides is 3. The molecule has 0 aliphatic carbocycles. The number of allylic oxidation sites excluding steroid dienone is 4. The summed E-state index contributed by atoms with van der Waals surface area (Å²) in [7, 11) is 0. The first-order valence-corrected chi connectivity index (χ1v) is 11.6. The van der Waals surface area contributed by atoms with Gasteiger partial charge in [-0.1, -0.05) is 6.92 Å². The fourth-order valence-corrected chi connectivity index (χ4v) is 5.29. The minimum Gasteiger partial charge on any atom is -0.464 e. The number of hydrogen-bond donors (Lipinski definition) is 2. The lowest BCUT2D eigenvalue weighted by Gasteiger charge is -2.42. The standard InChI is InChI=1S/C26H25F3N4O2/c1-3-24(26(27,28)29)14-22-13-20-8-7-17(31-20)11-16-5-6-18(30-16)12-19-9-10-21(32-19)15-25(24,33-22)23(34)35-4-2/h5-13,15,22,30,33H,3-4,14H2,1-2H3. The Balaban J connectivity index is 1.77. The molecule has 8 bridgehead atoms. The molecule has 9 heteroatoms. The minimum absolute atomic E-state index is 0.0473. The molecule has 1 saturated heterocycles. The van der Waals surface area contributed by atoms with Crippen molar-refractivity contribution in [3.05, 3.63) is 70.7 Å². The number of halogens is 3. The third kappa shape index (κ3) is 3.83. The van der Waals surface area contributed by atoms with Crippen LogP contribution < -0.4 is 16.0 Å². The number of aromatic nitrogens is 1. The Morgan fingerprint density at radius 3 is 2.29 bits per heavy atom. The van der Waals surface area contributed by atoms with Crippen molar-refractivity contribution in [3.63, 3.8) is 0 Å². The van der Waals surface area contributed by atoms with Crippen molar-refractivity contribution in [1.29, 1.82) is 0 Å². The molecule has 1 fully saturated rings. The Bertz CT molecular complexity index is 1380. The Morgan fingerprint density at radius 1 is 1.06 bits per heavy atom. The highest BCUT2D eigenvalue weighted by molar-refractivity contribution is 6.20. The number of carbonyl (C=O) groups excluding carboxylic acids is 1. The summed E-state index contributed by atoms with van der Waals surface area (Å²) in [5.74, 6) is -0.969. The fourth-order valence-electron chi connectivity index (χ4n) is 5.29. The molecule has 5 heterocycles. The third-order valence-corrected chi connectivity index (χ3v) is 6.92. The van der Waals surface area contributed by atoms with Gasteiger partial charge in [-0.05, 0) is 80.5 Å². The summed E-state index contributed by atoms with van der Waals surface area (Å²) < 4.78 is 49.9. The molecule has 1 aromatic heterocycles. The second-order valence-corrected chi connectivity index (χ2v) is 8.98. The van der Waals surface area contributed by atoms with Gasteiger partial charge in [0.1, 0.15) is 5.41 Å².